The Bertz CT molecular complexity index is 1270. The van der Waals surface area contributed by atoms with Gasteiger partial charge in [0.1, 0.15) is 11.3 Å². The number of unbranched alkanes of at least 4 members (excludes halogenated alkanes) is 1. The third-order valence-electron chi connectivity index (χ3n) is 5.47. The van der Waals surface area contributed by atoms with Crippen LogP contribution in [-0.2, 0) is 13.0 Å². The molecule has 4 aromatic rings. The first-order chi connectivity index (χ1) is 15.5. The number of nitrogens with one attached hydrogen (secondary N) is 1. The number of amides is 1. The Labute approximate surface area is 197 Å². The lowest BCUT2D eigenvalue weighted by atomic mass is 10.2. The van der Waals surface area contributed by atoms with Crippen molar-refractivity contribution < 1.29 is 4.79 Å². The van der Waals surface area contributed by atoms with Crippen molar-refractivity contribution in [3.05, 3.63) is 87.3 Å². The maximum atomic E-state index is 12.7. The zero-order valence-corrected chi connectivity index (χ0v) is 19.5. The minimum atomic E-state index is -0.272. The molecule has 0 bridgehead atoms. The summed E-state index contributed by atoms with van der Waals surface area (Å²) in [7, 11) is 0. The molecular formula is C25H24Cl2N4O. The molecule has 0 atom stereocenters. The van der Waals surface area contributed by atoms with Gasteiger partial charge in [-0.3, -0.25) is 4.79 Å². The molecule has 0 saturated heterocycles. The molecule has 0 fully saturated rings. The van der Waals surface area contributed by atoms with Crippen LogP contribution in [0.5, 0.6) is 0 Å². The molecule has 164 valence electrons. The van der Waals surface area contributed by atoms with Gasteiger partial charge in [0.25, 0.3) is 5.91 Å². The smallest absolute Gasteiger partial charge is 0.257 e. The molecule has 1 N–H and O–H groups in total. The van der Waals surface area contributed by atoms with Crippen LogP contribution in [0.4, 0.5) is 5.69 Å². The molecule has 0 radical (unpaired) electrons. The molecule has 0 aliphatic carbocycles. The summed E-state index contributed by atoms with van der Waals surface area (Å²) in [6, 6.07) is 14.8. The number of carbonyl (C=O) groups is 1. The second-order valence-corrected chi connectivity index (χ2v) is 8.59. The number of halogens is 2. The van der Waals surface area contributed by atoms with E-state index in [4.69, 9.17) is 28.2 Å². The zero-order chi connectivity index (χ0) is 22.7. The van der Waals surface area contributed by atoms with E-state index in [1.54, 1.807) is 30.5 Å². The van der Waals surface area contributed by atoms with Crippen LogP contribution < -0.4 is 5.32 Å². The number of benzene rings is 2. The number of anilines is 1. The Hall–Kier alpha value is -2.89. The second-order valence-electron chi connectivity index (χ2n) is 7.75. The fourth-order valence-corrected chi connectivity index (χ4v) is 3.99. The largest absolute Gasteiger partial charge is 0.320 e. The van der Waals surface area contributed by atoms with E-state index in [9.17, 15) is 4.79 Å². The average Bonchev–Trinajstić information content (AvgIpc) is 3.14. The van der Waals surface area contributed by atoms with E-state index in [-0.39, 0.29) is 5.91 Å². The van der Waals surface area contributed by atoms with Crippen LogP contribution in [0, 0.1) is 6.92 Å². The monoisotopic (exact) mass is 466 g/mol. The summed E-state index contributed by atoms with van der Waals surface area (Å²) in [4.78, 5) is 22.3. The number of aromatic nitrogens is 3. The molecule has 0 spiro atoms. The first-order valence-corrected chi connectivity index (χ1v) is 11.4. The Kier molecular flexibility index (Phi) is 6.77. The lowest BCUT2D eigenvalue weighted by Gasteiger charge is -2.11. The number of rotatable bonds is 7. The topological polar surface area (TPSA) is 59.8 Å². The molecule has 0 saturated carbocycles. The molecular weight excluding hydrogens is 443 g/mol. The highest BCUT2D eigenvalue weighted by atomic mass is 35.5. The van der Waals surface area contributed by atoms with E-state index in [1.165, 1.54) is 0 Å². The number of imidazole rings is 1. The molecule has 0 aliphatic rings. The molecule has 7 heteroatoms. The number of nitrogens with zero attached hydrogens (tertiary/aromatic N) is 3. The lowest BCUT2D eigenvalue weighted by Crippen LogP contribution is -2.13. The zero-order valence-electron chi connectivity index (χ0n) is 18.0. The van der Waals surface area contributed by atoms with Gasteiger partial charge in [0, 0.05) is 17.0 Å². The number of carbonyl (C=O) groups excluding carboxylic acids is 1. The van der Waals surface area contributed by atoms with Crippen molar-refractivity contribution in [2.24, 2.45) is 0 Å². The number of aryl methyl sites for hydroxylation is 2. The van der Waals surface area contributed by atoms with Crippen molar-refractivity contribution in [2.75, 3.05) is 5.32 Å². The van der Waals surface area contributed by atoms with Gasteiger partial charge < -0.3 is 9.88 Å². The number of hydrogen-bond acceptors (Lipinski definition) is 3. The van der Waals surface area contributed by atoms with Gasteiger partial charge in [-0.05, 0) is 43.2 Å². The molecule has 0 unspecified atom stereocenters. The Morgan fingerprint density at radius 2 is 1.84 bits per heavy atom. The molecule has 5 nitrogen and oxygen atoms in total. The standard InChI is InChI=1S/C25H24Cl2N4O/c1-3-4-9-22-30-23-16(2)21(29-25(32)19-7-5-6-8-20(19)27)14-28-24(23)31(22)15-17-10-12-18(26)13-11-17/h5-8,10-14H,3-4,9,15H2,1-2H3,(H,29,32). The predicted octanol–water partition coefficient (Wildman–Crippen LogP) is 6.69. The second kappa shape index (κ2) is 9.72. The van der Waals surface area contributed by atoms with Gasteiger partial charge in [-0.1, -0.05) is 60.8 Å². The van der Waals surface area contributed by atoms with Crippen molar-refractivity contribution in [3.63, 3.8) is 0 Å². The van der Waals surface area contributed by atoms with Crippen molar-refractivity contribution >= 4 is 46.0 Å². The van der Waals surface area contributed by atoms with Gasteiger partial charge in [0.15, 0.2) is 5.65 Å². The van der Waals surface area contributed by atoms with Crippen molar-refractivity contribution in [2.45, 2.75) is 39.7 Å². The fraction of sp³-hybridized carbons (Fsp3) is 0.240. The third kappa shape index (κ3) is 4.64. The summed E-state index contributed by atoms with van der Waals surface area (Å²) in [5.41, 5.74) is 4.65. The van der Waals surface area contributed by atoms with Crippen LogP contribution in [0.1, 0.15) is 47.1 Å². The van der Waals surface area contributed by atoms with Crippen LogP contribution in [0.2, 0.25) is 10.0 Å². The third-order valence-corrected chi connectivity index (χ3v) is 6.05. The van der Waals surface area contributed by atoms with E-state index in [0.717, 1.165) is 47.4 Å². The Morgan fingerprint density at radius 3 is 2.56 bits per heavy atom. The Balaban J connectivity index is 1.71. The molecule has 2 aromatic carbocycles. The number of hydrogen-bond donors (Lipinski definition) is 1. The summed E-state index contributed by atoms with van der Waals surface area (Å²) >= 11 is 12.2. The SMILES string of the molecule is CCCCc1nc2c(C)c(NC(=O)c3ccccc3Cl)cnc2n1Cc1ccc(Cl)cc1. The van der Waals surface area contributed by atoms with Crippen LogP contribution >= 0.6 is 23.2 Å². The molecule has 4 rings (SSSR count). The summed E-state index contributed by atoms with van der Waals surface area (Å²) in [5.74, 6) is 0.716. The Morgan fingerprint density at radius 1 is 1.09 bits per heavy atom. The highest BCUT2D eigenvalue weighted by molar-refractivity contribution is 6.34. The molecule has 2 heterocycles. The molecule has 0 aliphatic heterocycles. The summed E-state index contributed by atoms with van der Waals surface area (Å²) in [6.45, 7) is 4.78. The molecule has 2 aromatic heterocycles. The van der Waals surface area contributed by atoms with Crippen molar-refractivity contribution in [1.82, 2.24) is 14.5 Å². The lowest BCUT2D eigenvalue weighted by molar-refractivity contribution is 0.102. The van der Waals surface area contributed by atoms with Gasteiger partial charge in [0.05, 0.1) is 29.0 Å². The maximum absolute atomic E-state index is 12.7. The van der Waals surface area contributed by atoms with Gasteiger partial charge in [-0.2, -0.15) is 0 Å². The van der Waals surface area contributed by atoms with Gasteiger partial charge in [-0.25, -0.2) is 9.97 Å². The van der Waals surface area contributed by atoms with Crippen LogP contribution in [-0.4, -0.2) is 20.4 Å². The first-order valence-electron chi connectivity index (χ1n) is 10.6. The van der Waals surface area contributed by atoms with E-state index in [2.05, 4.69) is 21.8 Å². The average molecular weight is 467 g/mol. The van der Waals surface area contributed by atoms with Crippen LogP contribution in [0.25, 0.3) is 11.2 Å². The normalized spacial score (nSPS) is 11.1. The highest BCUT2D eigenvalue weighted by Gasteiger charge is 2.18. The highest BCUT2D eigenvalue weighted by Crippen LogP contribution is 2.27. The van der Waals surface area contributed by atoms with Crippen LogP contribution in [0.15, 0.2) is 54.7 Å². The minimum Gasteiger partial charge on any atom is -0.320 e. The van der Waals surface area contributed by atoms with Gasteiger partial charge >= 0.3 is 0 Å². The van der Waals surface area contributed by atoms with E-state index in [1.807, 2.05) is 31.2 Å². The van der Waals surface area contributed by atoms with E-state index in [0.29, 0.717) is 27.8 Å². The molecule has 1 amide bonds. The maximum Gasteiger partial charge on any atom is 0.257 e. The summed E-state index contributed by atoms with van der Waals surface area (Å²) in [5, 5.41) is 4.06. The van der Waals surface area contributed by atoms with Gasteiger partial charge in [0.2, 0.25) is 0 Å². The van der Waals surface area contributed by atoms with Crippen LogP contribution in [0.3, 0.4) is 0 Å². The number of fused-ring (bicyclic) bond motifs is 1. The van der Waals surface area contributed by atoms with Gasteiger partial charge in [-0.15, -0.1) is 0 Å². The number of pyridine rings is 1. The quantitative estimate of drug-likeness (QED) is 0.329. The summed E-state index contributed by atoms with van der Waals surface area (Å²) in [6.07, 6.45) is 4.67. The van der Waals surface area contributed by atoms with Crippen molar-refractivity contribution in [3.8, 4) is 0 Å². The van der Waals surface area contributed by atoms with E-state index < -0.39 is 0 Å². The minimum absolute atomic E-state index is 0.272. The summed E-state index contributed by atoms with van der Waals surface area (Å²) < 4.78 is 2.15. The first kappa shape index (κ1) is 22.3. The molecule has 32 heavy (non-hydrogen) atoms. The predicted molar refractivity (Wildman–Crippen MR) is 131 cm³/mol. The van der Waals surface area contributed by atoms with Crippen molar-refractivity contribution in [1.29, 1.82) is 0 Å². The fourth-order valence-electron chi connectivity index (χ4n) is 3.65. The van der Waals surface area contributed by atoms with E-state index >= 15 is 0 Å².